The van der Waals surface area contributed by atoms with Crippen molar-refractivity contribution in [3.8, 4) is 0 Å². The molecular formula is C20H14F3NO4. The van der Waals surface area contributed by atoms with Crippen LogP contribution in [0.5, 0.6) is 0 Å². The summed E-state index contributed by atoms with van der Waals surface area (Å²) in [4.78, 5) is 38.5. The molecule has 4 aliphatic rings. The molecule has 28 heavy (non-hydrogen) atoms. The Morgan fingerprint density at radius 2 is 1.75 bits per heavy atom. The molecule has 2 fully saturated rings. The highest BCUT2D eigenvalue weighted by atomic mass is 19.4. The van der Waals surface area contributed by atoms with Crippen LogP contribution in [0.1, 0.15) is 31.2 Å². The molecule has 3 aliphatic carbocycles. The summed E-state index contributed by atoms with van der Waals surface area (Å²) in [6.45, 7) is 0. The minimum atomic E-state index is -4.73. The van der Waals surface area contributed by atoms with Gasteiger partial charge in [0, 0.05) is 23.1 Å². The van der Waals surface area contributed by atoms with Gasteiger partial charge in [-0.2, -0.15) is 13.2 Å². The number of amides is 2. The summed E-state index contributed by atoms with van der Waals surface area (Å²) in [5.74, 6) is -1.10. The topological polar surface area (TPSA) is 67.6 Å². The predicted octanol–water partition coefficient (Wildman–Crippen LogP) is 3.80. The Balaban J connectivity index is 1.65. The number of carbonyl (C=O) groups excluding carboxylic acids is 2. The maximum absolute atomic E-state index is 13.2. The highest BCUT2D eigenvalue weighted by molar-refractivity contribution is 6.30. The first-order valence-electron chi connectivity index (χ1n) is 9.01. The fourth-order valence-electron chi connectivity index (χ4n) is 4.79. The van der Waals surface area contributed by atoms with E-state index < -0.39 is 29.2 Å². The monoisotopic (exact) mass is 389 g/mol. The Morgan fingerprint density at radius 3 is 2.39 bits per heavy atom. The second kappa shape index (κ2) is 5.56. The van der Waals surface area contributed by atoms with Crippen LogP contribution in [0, 0.1) is 11.8 Å². The van der Waals surface area contributed by atoms with Crippen molar-refractivity contribution in [2.45, 2.75) is 31.9 Å². The number of imide groups is 1. The Morgan fingerprint density at radius 1 is 1.04 bits per heavy atom. The minimum Gasteiger partial charge on any atom is -0.423 e. The zero-order valence-corrected chi connectivity index (χ0v) is 14.5. The van der Waals surface area contributed by atoms with E-state index in [1.807, 2.05) is 0 Å². The van der Waals surface area contributed by atoms with Crippen molar-refractivity contribution in [1.29, 1.82) is 0 Å². The van der Waals surface area contributed by atoms with Crippen LogP contribution < -0.4 is 10.5 Å². The number of anilines is 1. The Labute approximate surface area is 156 Å². The van der Waals surface area contributed by atoms with Gasteiger partial charge in [-0.3, -0.25) is 9.59 Å². The summed E-state index contributed by atoms with van der Waals surface area (Å²) in [6.07, 6.45) is -1.36. The van der Waals surface area contributed by atoms with Crippen LogP contribution in [0.2, 0.25) is 0 Å². The van der Waals surface area contributed by atoms with Crippen molar-refractivity contribution in [2.24, 2.45) is 11.8 Å². The fourth-order valence-corrected chi connectivity index (χ4v) is 4.79. The second-order valence-electron chi connectivity index (χ2n) is 7.47. The predicted molar refractivity (Wildman–Crippen MR) is 92.5 cm³/mol. The molecule has 2 heterocycles. The molecule has 1 aromatic carbocycles. The minimum absolute atomic E-state index is 0.117. The van der Waals surface area contributed by atoms with Crippen LogP contribution >= 0.6 is 0 Å². The van der Waals surface area contributed by atoms with Gasteiger partial charge >= 0.3 is 11.8 Å². The maximum Gasteiger partial charge on any atom is 0.417 e. The molecule has 8 heteroatoms. The number of alkyl halides is 3. The van der Waals surface area contributed by atoms with Gasteiger partial charge in [0.2, 0.25) is 5.91 Å². The molecule has 0 N–H and O–H groups in total. The van der Waals surface area contributed by atoms with E-state index in [0.29, 0.717) is 11.6 Å². The molecule has 2 amide bonds. The molecule has 0 spiro atoms. The number of halogens is 3. The van der Waals surface area contributed by atoms with Crippen molar-refractivity contribution in [2.75, 3.05) is 4.90 Å². The van der Waals surface area contributed by atoms with Crippen LogP contribution in [-0.2, 0) is 15.8 Å². The van der Waals surface area contributed by atoms with E-state index in [2.05, 4.69) is 0 Å². The Bertz CT molecular complexity index is 1130. The molecule has 2 aromatic rings. The van der Waals surface area contributed by atoms with Gasteiger partial charge in [-0.05, 0) is 43.7 Å². The van der Waals surface area contributed by atoms with Gasteiger partial charge in [0.15, 0.2) is 0 Å². The summed E-state index contributed by atoms with van der Waals surface area (Å²) >= 11 is 0. The molecule has 1 aromatic heterocycles. The molecule has 0 radical (unpaired) electrons. The van der Waals surface area contributed by atoms with Crippen molar-refractivity contribution in [3.05, 3.63) is 51.4 Å². The molecule has 6 rings (SSSR count). The van der Waals surface area contributed by atoms with Gasteiger partial charge in [0.1, 0.15) is 5.58 Å². The quantitative estimate of drug-likeness (QED) is 0.550. The molecule has 1 aliphatic heterocycles. The third-order valence-corrected chi connectivity index (χ3v) is 6.01. The Hall–Kier alpha value is -2.90. The lowest BCUT2D eigenvalue weighted by atomic mass is 9.67. The summed E-state index contributed by atoms with van der Waals surface area (Å²) in [6, 6.07) is 3.97. The van der Waals surface area contributed by atoms with Gasteiger partial charge in [-0.25, -0.2) is 9.69 Å². The molecule has 1 unspecified atom stereocenters. The van der Waals surface area contributed by atoms with Crippen LogP contribution in [-0.4, -0.2) is 11.8 Å². The zero-order valence-electron chi connectivity index (χ0n) is 14.5. The summed E-state index contributed by atoms with van der Waals surface area (Å²) < 4.78 is 44.6. The maximum atomic E-state index is 13.2. The number of carbonyl (C=O) groups is 2. The first-order valence-corrected chi connectivity index (χ1v) is 9.01. The molecule has 1 saturated carbocycles. The van der Waals surface area contributed by atoms with E-state index in [-0.39, 0.29) is 28.5 Å². The molecule has 144 valence electrons. The smallest absolute Gasteiger partial charge is 0.417 e. The van der Waals surface area contributed by atoms with Crippen LogP contribution in [0.3, 0.4) is 0 Å². The van der Waals surface area contributed by atoms with Gasteiger partial charge in [-0.1, -0.05) is 5.57 Å². The first kappa shape index (κ1) is 17.2. The van der Waals surface area contributed by atoms with Crippen LogP contribution in [0.15, 0.2) is 44.6 Å². The SMILES string of the molecule is O=C1C2=C3CCC(CC3)C2C(=O)N1c1ccc2c(C(F)(F)F)cc(=O)oc2c1. The third-order valence-electron chi connectivity index (χ3n) is 6.01. The van der Waals surface area contributed by atoms with Crippen molar-refractivity contribution >= 4 is 28.5 Å². The average Bonchev–Trinajstić information content (AvgIpc) is 2.94. The van der Waals surface area contributed by atoms with E-state index in [1.165, 1.54) is 6.07 Å². The third kappa shape index (κ3) is 2.30. The summed E-state index contributed by atoms with van der Waals surface area (Å²) in [7, 11) is 0. The number of nitrogens with zero attached hydrogens (tertiary/aromatic N) is 1. The molecule has 5 nitrogen and oxygen atoms in total. The van der Waals surface area contributed by atoms with E-state index in [9.17, 15) is 27.6 Å². The van der Waals surface area contributed by atoms with Crippen molar-refractivity contribution in [1.82, 2.24) is 0 Å². The highest BCUT2D eigenvalue weighted by Gasteiger charge is 2.52. The van der Waals surface area contributed by atoms with E-state index in [4.69, 9.17) is 4.42 Å². The Kier molecular flexibility index (Phi) is 3.42. The van der Waals surface area contributed by atoms with Gasteiger partial charge < -0.3 is 4.42 Å². The largest absolute Gasteiger partial charge is 0.423 e. The van der Waals surface area contributed by atoms with Crippen LogP contribution in [0.25, 0.3) is 11.0 Å². The number of hydrogen-bond donors (Lipinski definition) is 0. The van der Waals surface area contributed by atoms with Gasteiger partial charge in [0.05, 0.1) is 17.2 Å². The second-order valence-corrected chi connectivity index (χ2v) is 7.47. The highest BCUT2D eigenvalue weighted by Crippen LogP contribution is 2.50. The lowest BCUT2D eigenvalue weighted by Gasteiger charge is -2.34. The number of rotatable bonds is 1. The summed E-state index contributed by atoms with van der Waals surface area (Å²) in [5, 5.41) is -0.297. The lowest BCUT2D eigenvalue weighted by Crippen LogP contribution is -2.33. The molecule has 1 atom stereocenters. The van der Waals surface area contributed by atoms with E-state index in [0.717, 1.165) is 48.3 Å². The molecule has 1 saturated heterocycles. The average molecular weight is 389 g/mol. The molecular weight excluding hydrogens is 375 g/mol. The van der Waals surface area contributed by atoms with E-state index >= 15 is 0 Å². The first-order chi connectivity index (χ1) is 13.3. The normalized spacial score (nSPS) is 24.5. The molecule has 2 bridgehead atoms. The standard InChI is InChI=1S/C20H14F3NO4/c21-20(22,23)13-8-15(25)28-14-7-11(5-6-12(13)14)24-18(26)16-9-1-2-10(4-3-9)17(16)19(24)27/h5-9,16H,1-4H2. The number of fused-ring (bicyclic) bond motifs is 3. The number of allylic oxidation sites excluding steroid dienone is 1. The summed E-state index contributed by atoms with van der Waals surface area (Å²) in [5.41, 5.74) is -0.882. The van der Waals surface area contributed by atoms with Crippen LogP contribution in [0.4, 0.5) is 18.9 Å². The van der Waals surface area contributed by atoms with Gasteiger partial charge in [-0.15, -0.1) is 0 Å². The van der Waals surface area contributed by atoms with Crippen molar-refractivity contribution < 1.29 is 27.2 Å². The number of hydrogen-bond acceptors (Lipinski definition) is 4. The lowest BCUT2D eigenvalue weighted by molar-refractivity contribution is -0.136. The zero-order chi connectivity index (χ0) is 19.8. The fraction of sp³-hybridized carbons (Fsp3) is 0.350. The van der Waals surface area contributed by atoms with Crippen molar-refractivity contribution in [3.63, 3.8) is 0 Å². The number of benzene rings is 1. The van der Waals surface area contributed by atoms with Gasteiger partial charge in [0.25, 0.3) is 5.91 Å². The van der Waals surface area contributed by atoms with E-state index in [1.54, 1.807) is 0 Å².